The summed E-state index contributed by atoms with van der Waals surface area (Å²) in [6.45, 7) is 5.88. The van der Waals surface area contributed by atoms with E-state index in [1.54, 1.807) is 0 Å². The summed E-state index contributed by atoms with van der Waals surface area (Å²) in [7, 11) is 2.11. The van der Waals surface area contributed by atoms with Crippen LogP contribution in [0.4, 0.5) is 5.69 Å². The van der Waals surface area contributed by atoms with E-state index >= 15 is 0 Å². The molecule has 0 spiro atoms. The van der Waals surface area contributed by atoms with Crippen molar-refractivity contribution in [2.45, 2.75) is 26.3 Å². The van der Waals surface area contributed by atoms with E-state index in [9.17, 15) is 0 Å². The van der Waals surface area contributed by atoms with E-state index in [4.69, 9.17) is 0 Å². The number of fused-ring (bicyclic) bond motifs is 2. The first-order chi connectivity index (χ1) is 7.75. The van der Waals surface area contributed by atoms with E-state index in [0.717, 1.165) is 12.5 Å². The Kier molecular flexibility index (Phi) is 3.83. The highest BCUT2D eigenvalue weighted by atomic mass is 15.1. The monoisotopic (exact) mass is 218 g/mol. The van der Waals surface area contributed by atoms with Crippen molar-refractivity contribution in [2.75, 3.05) is 25.0 Å². The SMILES string of the molecule is CC1CCNCC1.CN1Cc2cccc1c2. The zero-order valence-electron chi connectivity index (χ0n) is 10.4. The lowest BCUT2D eigenvalue weighted by atomic mass is 10.0. The Balaban J connectivity index is 0.000000125. The van der Waals surface area contributed by atoms with Gasteiger partial charge in [0.15, 0.2) is 0 Å². The van der Waals surface area contributed by atoms with Gasteiger partial charge in [-0.15, -0.1) is 0 Å². The van der Waals surface area contributed by atoms with Gasteiger partial charge in [-0.05, 0) is 49.5 Å². The molecule has 2 nitrogen and oxygen atoms in total. The lowest BCUT2D eigenvalue weighted by molar-refractivity contribution is 0.402. The van der Waals surface area contributed by atoms with E-state index in [-0.39, 0.29) is 0 Å². The van der Waals surface area contributed by atoms with Gasteiger partial charge in [0.05, 0.1) is 0 Å². The number of rotatable bonds is 0. The number of hydrogen-bond acceptors (Lipinski definition) is 2. The van der Waals surface area contributed by atoms with Crippen molar-refractivity contribution in [3.8, 4) is 0 Å². The second-order valence-corrected chi connectivity index (χ2v) is 4.96. The van der Waals surface area contributed by atoms with Crippen molar-refractivity contribution >= 4 is 5.69 Å². The molecule has 0 amide bonds. The van der Waals surface area contributed by atoms with E-state index in [1.807, 2.05) is 0 Å². The normalized spacial score (nSPS) is 19.2. The molecule has 16 heavy (non-hydrogen) atoms. The van der Waals surface area contributed by atoms with E-state index in [0.29, 0.717) is 0 Å². The molecule has 3 rings (SSSR count). The van der Waals surface area contributed by atoms with E-state index in [2.05, 4.69) is 48.5 Å². The predicted octanol–water partition coefficient (Wildman–Crippen LogP) is 2.64. The first kappa shape index (κ1) is 11.5. The minimum atomic E-state index is 0.973. The molecule has 0 saturated carbocycles. The largest absolute Gasteiger partial charge is 0.370 e. The van der Waals surface area contributed by atoms with Crippen LogP contribution in [0.25, 0.3) is 0 Å². The minimum absolute atomic E-state index is 0.973. The average molecular weight is 218 g/mol. The van der Waals surface area contributed by atoms with Crippen LogP contribution in [-0.4, -0.2) is 20.1 Å². The van der Waals surface area contributed by atoms with Crippen molar-refractivity contribution in [1.29, 1.82) is 0 Å². The summed E-state index contributed by atoms with van der Waals surface area (Å²) in [4.78, 5) is 2.25. The molecule has 2 bridgehead atoms. The van der Waals surface area contributed by atoms with Gasteiger partial charge in [0, 0.05) is 19.3 Å². The van der Waals surface area contributed by atoms with Crippen LogP contribution >= 0.6 is 0 Å². The maximum atomic E-state index is 3.32. The smallest absolute Gasteiger partial charge is 0.0426 e. The molecule has 2 heteroatoms. The average Bonchev–Trinajstić information content (AvgIpc) is 2.55. The number of nitrogens with one attached hydrogen (secondary N) is 1. The Labute approximate surface area is 98.7 Å². The van der Waals surface area contributed by atoms with Crippen LogP contribution in [0.1, 0.15) is 25.3 Å². The fourth-order valence-corrected chi connectivity index (χ4v) is 2.22. The molecule has 2 aliphatic heterocycles. The molecule has 1 aromatic rings. The molecule has 0 unspecified atom stereocenters. The van der Waals surface area contributed by atoms with Gasteiger partial charge in [0.25, 0.3) is 0 Å². The Morgan fingerprint density at radius 2 is 2.00 bits per heavy atom. The third-order valence-electron chi connectivity index (χ3n) is 3.40. The van der Waals surface area contributed by atoms with Crippen LogP contribution in [0, 0.1) is 5.92 Å². The molecular weight excluding hydrogens is 196 g/mol. The van der Waals surface area contributed by atoms with Gasteiger partial charge >= 0.3 is 0 Å². The van der Waals surface area contributed by atoms with Gasteiger partial charge in [0.1, 0.15) is 0 Å². The molecule has 1 saturated heterocycles. The lowest BCUT2D eigenvalue weighted by Gasteiger charge is -2.17. The molecular formula is C14H22N2. The second kappa shape index (κ2) is 5.35. The van der Waals surface area contributed by atoms with Crippen molar-refractivity contribution in [3.63, 3.8) is 0 Å². The van der Waals surface area contributed by atoms with Crippen LogP contribution in [-0.2, 0) is 6.54 Å². The number of nitrogens with zero attached hydrogens (tertiary/aromatic N) is 1. The van der Waals surface area contributed by atoms with E-state index < -0.39 is 0 Å². The Morgan fingerprint density at radius 1 is 1.25 bits per heavy atom. The van der Waals surface area contributed by atoms with Crippen LogP contribution in [0.5, 0.6) is 0 Å². The highest BCUT2D eigenvalue weighted by Crippen LogP contribution is 2.23. The summed E-state index contributed by atoms with van der Waals surface area (Å²) in [5.74, 6) is 0.973. The summed E-state index contributed by atoms with van der Waals surface area (Å²) < 4.78 is 0. The first-order valence-corrected chi connectivity index (χ1v) is 6.26. The maximum Gasteiger partial charge on any atom is 0.0426 e. The van der Waals surface area contributed by atoms with Gasteiger partial charge in [-0.3, -0.25) is 0 Å². The number of benzene rings is 1. The number of piperidine rings is 1. The van der Waals surface area contributed by atoms with Crippen LogP contribution in [0.15, 0.2) is 24.3 Å². The van der Waals surface area contributed by atoms with Crippen LogP contribution in [0.2, 0.25) is 0 Å². The standard InChI is InChI=1S/C8H9N.C6H13N/c1-9-6-7-3-2-4-8(9)5-7;1-6-2-4-7-5-3-6/h2-5H,6H2,1H3;6-7H,2-5H2,1H3. The van der Waals surface area contributed by atoms with Crippen molar-refractivity contribution in [1.82, 2.24) is 5.32 Å². The highest BCUT2D eigenvalue weighted by Gasteiger charge is 2.09. The van der Waals surface area contributed by atoms with Crippen molar-refractivity contribution in [3.05, 3.63) is 29.8 Å². The summed E-state index contributed by atoms with van der Waals surface area (Å²) in [6.07, 6.45) is 2.75. The second-order valence-electron chi connectivity index (χ2n) is 4.96. The Bertz CT molecular complexity index is 329. The molecule has 0 atom stereocenters. The first-order valence-electron chi connectivity index (χ1n) is 6.26. The minimum Gasteiger partial charge on any atom is -0.370 e. The molecule has 0 radical (unpaired) electrons. The highest BCUT2D eigenvalue weighted by molar-refractivity contribution is 5.53. The van der Waals surface area contributed by atoms with Gasteiger partial charge in [-0.25, -0.2) is 0 Å². The van der Waals surface area contributed by atoms with Crippen molar-refractivity contribution in [2.24, 2.45) is 5.92 Å². The number of anilines is 1. The van der Waals surface area contributed by atoms with Gasteiger partial charge in [-0.1, -0.05) is 19.1 Å². The Hall–Kier alpha value is -1.02. The molecule has 0 aliphatic carbocycles. The Morgan fingerprint density at radius 3 is 2.50 bits per heavy atom. The molecule has 1 fully saturated rings. The lowest BCUT2D eigenvalue weighted by Crippen LogP contribution is -2.26. The zero-order valence-corrected chi connectivity index (χ0v) is 10.4. The summed E-state index contributed by atoms with van der Waals surface area (Å²) in [6, 6.07) is 8.62. The topological polar surface area (TPSA) is 15.3 Å². The molecule has 88 valence electrons. The molecule has 2 aliphatic rings. The predicted molar refractivity (Wildman–Crippen MR) is 69.8 cm³/mol. The van der Waals surface area contributed by atoms with Gasteiger partial charge in [0.2, 0.25) is 0 Å². The summed E-state index contributed by atoms with van der Waals surface area (Å²) >= 11 is 0. The summed E-state index contributed by atoms with van der Waals surface area (Å²) in [5.41, 5.74) is 2.77. The van der Waals surface area contributed by atoms with Crippen molar-refractivity contribution < 1.29 is 0 Å². The zero-order chi connectivity index (χ0) is 11.4. The molecule has 1 N–H and O–H groups in total. The molecule has 1 aromatic carbocycles. The van der Waals surface area contributed by atoms with Crippen LogP contribution in [0.3, 0.4) is 0 Å². The summed E-state index contributed by atoms with van der Waals surface area (Å²) in [5, 5.41) is 3.32. The molecule has 2 heterocycles. The fraction of sp³-hybridized carbons (Fsp3) is 0.571. The van der Waals surface area contributed by atoms with Gasteiger partial charge in [-0.2, -0.15) is 0 Å². The quantitative estimate of drug-likeness (QED) is 0.720. The maximum absolute atomic E-state index is 3.32. The van der Waals surface area contributed by atoms with E-state index in [1.165, 1.54) is 37.2 Å². The third kappa shape index (κ3) is 2.99. The fourth-order valence-electron chi connectivity index (χ4n) is 2.22. The van der Waals surface area contributed by atoms with Crippen LogP contribution < -0.4 is 10.2 Å². The van der Waals surface area contributed by atoms with Gasteiger partial charge < -0.3 is 10.2 Å². The molecule has 0 aromatic heterocycles. The number of hydrogen-bond donors (Lipinski definition) is 1. The third-order valence-corrected chi connectivity index (χ3v) is 3.40.